The van der Waals surface area contributed by atoms with Crippen molar-refractivity contribution < 1.29 is 58.8 Å². The molecule has 0 bridgehead atoms. The standard InChI is InChI=1S/C44H68N10O12S3/c1-27(2)39(41(63)48-32(43(65)66)7-4-5-14-54-35(55)22-33(42(54)64)69-19-6-8-34(45)46)50-40(62)31(13-20-68-3)49-44(67)47-29-11-9-28(10-12-29)21-30-23-52(25-37(58)59)16-15-51(24-36(56)57)17-18-53(30)26-38(60)61/h9-12,27,30-33,39H,4-8,13-26H2,1-3H3,(H3,45,46)(H,48,63)(H,50,62)(H,56,57)(H,58,59)(H,60,61)(H,65,66)(H2,47,49,67). The summed E-state index contributed by atoms with van der Waals surface area (Å²) in [5.41, 5.74) is 6.76. The highest BCUT2D eigenvalue weighted by Crippen LogP contribution is 2.26. The van der Waals surface area contributed by atoms with Gasteiger partial charge in [-0.3, -0.25) is 58.6 Å². The van der Waals surface area contributed by atoms with E-state index in [9.17, 15) is 58.8 Å². The van der Waals surface area contributed by atoms with E-state index >= 15 is 0 Å². The lowest BCUT2D eigenvalue weighted by atomic mass is 10.0. The second kappa shape index (κ2) is 29.8. The van der Waals surface area contributed by atoms with E-state index in [-0.39, 0.29) is 94.4 Å². The van der Waals surface area contributed by atoms with Crippen LogP contribution in [-0.2, 0) is 44.8 Å². The third-order valence-corrected chi connectivity index (χ3v) is 13.6. The lowest BCUT2D eigenvalue weighted by Crippen LogP contribution is -2.57. The van der Waals surface area contributed by atoms with Gasteiger partial charge in [0.1, 0.15) is 18.1 Å². The number of amidine groups is 1. The van der Waals surface area contributed by atoms with Crippen LogP contribution in [0, 0.1) is 11.3 Å². The summed E-state index contributed by atoms with van der Waals surface area (Å²) < 4.78 is 0. The zero-order chi connectivity index (χ0) is 51.2. The molecule has 2 aliphatic heterocycles. The van der Waals surface area contributed by atoms with Gasteiger partial charge in [0.2, 0.25) is 23.6 Å². The predicted octanol–water partition coefficient (Wildman–Crippen LogP) is 0.637. The third kappa shape index (κ3) is 21.2. The first-order chi connectivity index (χ1) is 32.7. The predicted molar refractivity (Wildman–Crippen MR) is 266 cm³/mol. The van der Waals surface area contributed by atoms with Crippen LogP contribution in [0.1, 0.15) is 64.4 Å². The van der Waals surface area contributed by atoms with Gasteiger partial charge in [-0.2, -0.15) is 11.8 Å². The Morgan fingerprint density at radius 3 is 2.06 bits per heavy atom. The molecular weight excluding hydrogens is 957 g/mol. The van der Waals surface area contributed by atoms with Crippen LogP contribution in [0.15, 0.2) is 24.3 Å². The highest BCUT2D eigenvalue weighted by molar-refractivity contribution is 8.00. The number of nitrogens with two attached hydrogens (primary N) is 1. The second-order valence-electron chi connectivity index (χ2n) is 17.4. The van der Waals surface area contributed by atoms with Gasteiger partial charge in [0.25, 0.3) is 0 Å². The van der Waals surface area contributed by atoms with Crippen molar-refractivity contribution >= 4 is 99.9 Å². The molecule has 2 heterocycles. The Morgan fingerprint density at radius 1 is 0.812 bits per heavy atom. The number of carboxylic acid groups (broad SMARTS) is 4. The van der Waals surface area contributed by atoms with Crippen molar-refractivity contribution in [3.8, 4) is 0 Å². The number of nitrogens with zero attached hydrogens (tertiary/aromatic N) is 4. The molecule has 384 valence electrons. The number of nitrogens with one attached hydrogen (secondary N) is 5. The minimum absolute atomic E-state index is 0.0162. The Morgan fingerprint density at radius 2 is 1.45 bits per heavy atom. The molecule has 3 rings (SSSR count). The molecule has 11 N–H and O–H groups in total. The lowest BCUT2D eigenvalue weighted by molar-refractivity contribution is -0.143. The maximum Gasteiger partial charge on any atom is 0.326 e. The van der Waals surface area contributed by atoms with Gasteiger partial charge >= 0.3 is 23.9 Å². The number of benzene rings is 1. The molecule has 1 aromatic rings. The molecule has 2 aliphatic rings. The number of amides is 4. The quantitative estimate of drug-likeness (QED) is 0.0173. The summed E-state index contributed by atoms with van der Waals surface area (Å²) in [6.07, 6.45) is 4.27. The molecule has 5 atom stereocenters. The van der Waals surface area contributed by atoms with Crippen LogP contribution in [0.25, 0.3) is 0 Å². The summed E-state index contributed by atoms with van der Waals surface area (Å²) in [5, 5.41) is 57.1. The van der Waals surface area contributed by atoms with E-state index < -0.39 is 71.0 Å². The zero-order valence-electron chi connectivity index (χ0n) is 39.4. The summed E-state index contributed by atoms with van der Waals surface area (Å²) in [5.74, 6) is -5.53. The van der Waals surface area contributed by atoms with Crippen LogP contribution in [-0.4, -0.2) is 205 Å². The van der Waals surface area contributed by atoms with Gasteiger partial charge < -0.3 is 47.4 Å². The maximum absolute atomic E-state index is 13.8. The van der Waals surface area contributed by atoms with Crippen LogP contribution in [0.3, 0.4) is 0 Å². The lowest BCUT2D eigenvalue weighted by Gasteiger charge is -2.33. The van der Waals surface area contributed by atoms with Crippen LogP contribution in [0.2, 0.25) is 0 Å². The Bertz CT molecular complexity index is 1970. The van der Waals surface area contributed by atoms with Crippen molar-refractivity contribution in [2.75, 3.05) is 82.0 Å². The second-order valence-corrected chi connectivity index (χ2v) is 20.1. The number of hydrogen-bond donors (Lipinski definition) is 10. The number of thioether (sulfide) groups is 2. The van der Waals surface area contributed by atoms with Crippen LogP contribution >= 0.6 is 35.7 Å². The van der Waals surface area contributed by atoms with Gasteiger partial charge in [0, 0.05) is 63.8 Å². The highest BCUT2D eigenvalue weighted by Gasteiger charge is 2.38. The number of carbonyl (C=O) groups is 8. The van der Waals surface area contributed by atoms with Gasteiger partial charge in [-0.25, -0.2) is 4.79 Å². The van der Waals surface area contributed by atoms with E-state index in [2.05, 4.69) is 21.3 Å². The minimum atomic E-state index is -1.30. The van der Waals surface area contributed by atoms with Gasteiger partial charge in [-0.1, -0.05) is 26.0 Å². The summed E-state index contributed by atoms with van der Waals surface area (Å²) in [4.78, 5) is 106. The van der Waals surface area contributed by atoms with Crippen molar-refractivity contribution in [1.82, 2.24) is 35.6 Å². The first-order valence-corrected chi connectivity index (χ1v) is 25.6. The van der Waals surface area contributed by atoms with Crippen molar-refractivity contribution in [2.24, 2.45) is 11.7 Å². The number of hydrogen-bond acceptors (Lipinski definition) is 15. The number of rotatable bonds is 29. The van der Waals surface area contributed by atoms with Crippen molar-refractivity contribution in [3.05, 3.63) is 29.8 Å². The van der Waals surface area contributed by atoms with Crippen molar-refractivity contribution in [1.29, 1.82) is 5.41 Å². The number of likely N-dealkylation sites (tertiary alicyclic amines) is 1. The average molecular weight is 1030 g/mol. The number of aliphatic carboxylic acids is 4. The Balaban J connectivity index is 1.61. The van der Waals surface area contributed by atoms with Crippen LogP contribution in [0.4, 0.5) is 5.69 Å². The molecule has 25 heteroatoms. The molecule has 0 aliphatic carbocycles. The first-order valence-electron chi connectivity index (χ1n) is 22.8. The van der Waals surface area contributed by atoms with Gasteiger partial charge in [-0.15, -0.1) is 11.8 Å². The van der Waals surface area contributed by atoms with Crippen LogP contribution < -0.4 is 27.0 Å². The van der Waals surface area contributed by atoms with E-state index in [0.717, 1.165) is 5.56 Å². The molecule has 4 amide bonds. The molecule has 22 nitrogen and oxygen atoms in total. The number of imide groups is 1. The highest BCUT2D eigenvalue weighted by atomic mass is 32.2. The maximum atomic E-state index is 13.8. The normalized spacial score (nSPS) is 18.6. The van der Waals surface area contributed by atoms with E-state index in [1.165, 1.54) is 28.4 Å². The molecule has 0 aromatic heterocycles. The fourth-order valence-electron chi connectivity index (χ4n) is 7.87. The van der Waals surface area contributed by atoms with Crippen LogP contribution in [0.5, 0.6) is 0 Å². The van der Waals surface area contributed by atoms with Gasteiger partial charge in [-0.05, 0) is 92.1 Å². The molecule has 2 fully saturated rings. The first kappa shape index (κ1) is 58.2. The number of carboxylic acids is 4. The average Bonchev–Trinajstić information content (AvgIpc) is 3.56. The number of thiocarbonyl (C=S) groups is 1. The van der Waals surface area contributed by atoms with E-state index in [1.807, 2.05) is 18.4 Å². The number of anilines is 1. The number of carbonyl (C=O) groups excluding carboxylic acids is 4. The molecule has 0 radical (unpaired) electrons. The SMILES string of the molecule is CSCCC(NC(=S)Nc1ccc(CC2CN(CC(=O)O)CCN(CC(=O)O)CCN2CC(=O)O)cc1)C(=O)NC(C(=O)NC(CCCCN1C(=O)CC(SCCCC(=N)N)C1=O)C(=O)O)C(C)C. The van der Waals surface area contributed by atoms with Crippen molar-refractivity contribution in [3.63, 3.8) is 0 Å². The number of unbranched alkanes of at least 4 members (excludes halogenated alkanes) is 1. The third-order valence-electron chi connectivity index (χ3n) is 11.5. The molecule has 0 spiro atoms. The summed E-state index contributed by atoms with van der Waals surface area (Å²) in [6.45, 7) is 3.98. The molecule has 0 saturated carbocycles. The smallest absolute Gasteiger partial charge is 0.326 e. The summed E-state index contributed by atoms with van der Waals surface area (Å²) >= 11 is 8.45. The summed E-state index contributed by atoms with van der Waals surface area (Å²) in [6, 6.07) is 3.41. The van der Waals surface area contributed by atoms with Gasteiger partial charge in [0.15, 0.2) is 5.11 Å². The van der Waals surface area contributed by atoms with E-state index in [0.29, 0.717) is 55.8 Å². The minimum Gasteiger partial charge on any atom is -0.480 e. The molecule has 2 saturated heterocycles. The molecular formula is C44H68N10O12S3. The zero-order valence-corrected chi connectivity index (χ0v) is 41.8. The Kier molecular flexibility index (Phi) is 25.2. The fraction of sp³-hybridized carbons (Fsp3) is 0.636. The van der Waals surface area contributed by atoms with E-state index in [4.69, 9.17) is 23.4 Å². The monoisotopic (exact) mass is 1020 g/mol. The Labute approximate surface area is 416 Å². The topological polar surface area (TPSA) is 328 Å². The summed E-state index contributed by atoms with van der Waals surface area (Å²) in [7, 11) is 0. The fourth-order valence-corrected chi connectivity index (χ4v) is 9.73. The Hall–Kier alpha value is -5.08. The van der Waals surface area contributed by atoms with Crippen molar-refractivity contribution in [2.45, 2.75) is 94.6 Å². The molecule has 1 aromatic carbocycles. The van der Waals surface area contributed by atoms with Gasteiger partial charge in [0.05, 0.1) is 30.7 Å². The van der Waals surface area contributed by atoms with E-state index in [1.54, 1.807) is 40.7 Å². The largest absolute Gasteiger partial charge is 0.480 e. The molecule has 69 heavy (non-hydrogen) atoms. The molecule has 5 unspecified atom stereocenters.